The molecule has 5 heteroatoms. The van der Waals surface area contributed by atoms with Crippen LogP contribution in [0.2, 0.25) is 0 Å². The lowest BCUT2D eigenvalue weighted by atomic mass is 10.0. The van der Waals surface area contributed by atoms with Crippen molar-refractivity contribution in [3.8, 4) is 0 Å². The number of nitrogens with zero attached hydrogens (tertiary/aromatic N) is 3. The van der Waals surface area contributed by atoms with Crippen molar-refractivity contribution in [1.29, 1.82) is 0 Å². The molecule has 0 bridgehead atoms. The summed E-state index contributed by atoms with van der Waals surface area (Å²) >= 11 is 0. The molecular formula is C24H31N4O+. The van der Waals surface area contributed by atoms with Gasteiger partial charge < -0.3 is 10.6 Å². The smallest absolute Gasteiger partial charge is 0.273 e. The van der Waals surface area contributed by atoms with Crippen molar-refractivity contribution in [3.05, 3.63) is 71.8 Å². The van der Waals surface area contributed by atoms with Gasteiger partial charge in [-0.1, -0.05) is 62.4 Å². The summed E-state index contributed by atoms with van der Waals surface area (Å²) in [5.41, 5.74) is 9.81. The fourth-order valence-electron chi connectivity index (χ4n) is 4.06. The Morgan fingerprint density at radius 2 is 1.55 bits per heavy atom. The number of hydrogen-bond donors (Lipinski definition) is 1. The van der Waals surface area contributed by atoms with Crippen LogP contribution in [0.3, 0.4) is 0 Å². The van der Waals surface area contributed by atoms with Crippen LogP contribution in [0.4, 0.5) is 0 Å². The molecule has 29 heavy (non-hydrogen) atoms. The average molecular weight is 392 g/mol. The summed E-state index contributed by atoms with van der Waals surface area (Å²) in [7, 11) is 0. The van der Waals surface area contributed by atoms with Crippen LogP contribution in [0, 0.1) is 0 Å². The van der Waals surface area contributed by atoms with Gasteiger partial charge in [0.1, 0.15) is 5.70 Å². The Morgan fingerprint density at radius 1 is 0.966 bits per heavy atom. The molecule has 0 saturated carbocycles. The Hall–Kier alpha value is -2.76. The van der Waals surface area contributed by atoms with Gasteiger partial charge in [-0.05, 0) is 25.2 Å². The lowest BCUT2D eigenvalue weighted by Gasteiger charge is -2.33. The second-order valence-corrected chi connectivity index (χ2v) is 7.44. The fourth-order valence-corrected chi connectivity index (χ4v) is 4.06. The topological polar surface area (TPSA) is 58.7 Å². The van der Waals surface area contributed by atoms with Crippen molar-refractivity contribution in [1.82, 2.24) is 4.90 Å². The van der Waals surface area contributed by atoms with Crippen molar-refractivity contribution in [2.45, 2.75) is 20.3 Å². The second-order valence-electron chi connectivity index (χ2n) is 7.44. The molecule has 0 radical (unpaired) electrons. The van der Waals surface area contributed by atoms with Gasteiger partial charge in [0.25, 0.3) is 5.91 Å². The number of aliphatic imine (C=N–C) groups is 1. The number of carbonyl (C=O) groups is 1. The maximum atomic E-state index is 12.1. The molecule has 2 N–H and O–H groups in total. The molecule has 1 aliphatic rings. The minimum Gasteiger partial charge on any atom is -0.365 e. The largest absolute Gasteiger partial charge is 0.365 e. The van der Waals surface area contributed by atoms with Gasteiger partial charge in [0, 0.05) is 24.1 Å². The van der Waals surface area contributed by atoms with Gasteiger partial charge >= 0.3 is 0 Å². The van der Waals surface area contributed by atoms with E-state index in [1.807, 2.05) is 42.7 Å². The van der Waals surface area contributed by atoms with Crippen molar-refractivity contribution < 1.29 is 9.28 Å². The monoisotopic (exact) mass is 391 g/mol. The first-order valence-corrected chi connectivity index (χ1v) is 10.4. The Morgan fingerprint density at radius 3 is 2.10 bits per heavy atom. The Balaban J connectivity index is 2.04. The first kappa shape index (κ1) is 21.0. The molecular weight excluding hydrogens is 360 g/mol. The van der Waals surface area contributed by atoms with E-state index in [-0.39, 0.29) is 12.5 Å². The zero-order valence-corrected chi connectivity index (χ0v) is 17.4. The van der Waals surface area contributed by atoms with E-state index in [1.54, 1.807) is 0 Å². The van der Waals surface area contributed by atoms with Crippen molar-refractivity contribution in [3.63, 3.8) is 0 Å². The number of primary amides is 1. The molecule has 152 valence electrons. The summed E-state index contributed by atoms with van der Waals surface area (Å²) in [6.07, 6.45) is 2.87. The van der Waals surface area contributed by atoms with Gasteiger partial charge in [-0.3, -0.25) is 4.79 Å². The molecule has 0 saturated heterocycles. The van der Waals surface area contributed by atoms with E-state index in [1.165, 1.54) is 0 Å². The third kappa shape index (κ3) is 4.81. The summed E-state index contributed by atoms with van der Waals surface area (Å²) in [5, 5.41) is 0. The molecule has 3 rings (SSSR count). The predicted molar refractivity (Wildman–Crippen MR) is 120 cm³/mol. The summed E-state index contributed by atoms with van der Waals surface area (Å²) in [4.78, 5) is 19.3. The number of quaternary nitrogens is 1. The maximum absolute atomic E-state index is 12.1. The van der Waals surface area contributed by atoms with Crippen LogP contribution < -0.4 is 5.73 Å². The number of carbonyl (C=O) groups excluding carboxylic acids is 1. The number of amides is 1. The van der Waals surface area contributed by atoms with E-state index in [4.69, 9.17) is 10.7 Å². The van der Waals surface area contributed by atoms with E-state index < -0.39 is 0 Å². The fraction of sp³-hybridized carbons (Fsp3) is 0.333. The summed E-state index contributed by atoms with van der Waals surface area (Å²) in [5.74, 6) is -0.318. The van der Waals surface area contributed by atoms with Gasteiger partial charge in [-0.2, -0.15) is 4.99 Å². The van der Waals surface area contributed by atoms with Crippen LogP contribution in [0.1, 0.15) is 31.4 Å². The first-order chi connectivity index (χ1) is 14.1. The SMILES string of the molecule is CCN(CC)CCC[N+]1(CC(N)=O)C=NC(c2ccccc2)=C1c1ccccc1. The number of hydrogen-bond acceptors (Lipinski definition) is 3. The van der Waals surface area contributed by atoms with E-state index in [9.17, 15) is 4.79 Å². The zero-order chi connectivity index (χ0) is 20.7. The molecule has 0 fully saturated rings. The molecule has 1 atom stereocenters. The summed E-state index contributed by atoms with van der Waals surface area (Å²) < 4.78 is 0.366. The molecule has 2 aromatic carbocycles. The van der Waals surface area contributed by atoms with Crippen molar-refractivity contribution in [2.75, 3.05) is 32.7 Å². The molecule has 0 aromatic heterocycles. The van der Waals surface area contributed by atoms with E-state index in [0.717, 1.165) is 55.1 Å². The standard InChI is InChI=1S/C24H30N4O/c1-3-27(4-2)16-11-17-28(18-22(25)29)19-26-23(20-12-7-5-8-13-20)24(28)21-14-9-6-10-15-21/h5-10,12-15,19H,3-4,11,16-18H2,1-2H3,(H-,25,29)/p+1. The molecule has 0 aliphatic carbocycles. The van der Waals surface area contributed by atoms with Crippen molar-refractivity contribution in [2.24, 2.45) is 10.7 Å². The normalized spacial score (nSPS) is 18.6. The predicted octanol–water partition coefficient (Wildman–Crippen LogP) is 3.59. The van der Waals surface area contributed by atoms with Gasteiger partial charge in [0.2, 0.25) is 0 Å². The maximum Gasteiger partial charge on any atom is 0.273 e. The van der Waals surface area contributed by atoms with Gasteiger partial charge in [-0.15, -0.1) is 0 Å². The van der Waals surface area contributed by atoms with Gasteiger partial charge in [-0.25, -0.2) is 4.48 Å². The Labute approximate surface area is 173 Å². The number of rotatable bonds is 10. The molecule has 5 nitrogen and oxygen atoms in total. The molecule has 1 unspecified atom stereocenters. The highest BCUT2D eigenvalue weighted by atomic mass is 16.1. The third-order valence-corrected chi connectivity index (χ3v) is 5.54. The van der Waals surface area contributed by atoms with E-state index in [2.05, 4.69) is 43.0 Å². The Kier molecular flexibility index (Phi) is 6.96. The van der Waals surface area contributed by atoms with Crippen molar-refractivity contribution >= 4 is 23.6 Å². The molecule has 0 spiro atoms. The molecule has 2 aromatic rings. The van der Waals surface area contributed by atoms with Crippen LogP contribution in [-0.4, -0.2) is 54.4 Å². The molecule has 1 aliphatic heterocycles. The Bertz CT molecular complexity index is 872. The lowest BCUT2D eigenvalue weighted by molar-refractivity contribution is -0.749. The summed E-state index contributed by atoms with van der Waals surface area (Å²) in [6, 6.07) is 20.4. The first-order valence-electron chi connectivity index (χ1n) is 10.4. The molecule has 1 heterocycles. The number of benzene rings is 2. The minimum atomic E-state index is -0.318. The third-order valence-electron chi connectivity index (χ3n) is 5.54. The van der Waals surface area contributed by atoms with Gasteiger partial charge in [0.15, 0.2) is 18.6 Å². The highest BCUT2D eigenvalue weighted by Crippen LogP contribution is 2.39. The van der Waals surface area contributed by atoms with Crippen LogP contribution >= 0.6 is 0 Å². The van der Waals surface area contributed by atoms with Crippen LogP contribution in [0.5, 0.6) is 0 Å². The zero-order valence-electron chi connectivity index (χ0n) is 17.4. The summed E-state index contributed by atoms with van der Waals surface area (Å²) in [6.45, 7) is 8.39. The average Bonchev–Trinajstić information content (AvgIpc) is 3.11. The minimum absolute atomic E-state index is 0.211. The quantitative estimate of drug-likeness (QED) is 0.629. The highest BCUT2D eigenvalue weighted by molar-refractivity contribution is 5.96. The van der Waals surface area contributed by atoms with Crippen LogP contribution in [-0.2, 0) is 4.79 Å². The van der Waals surface area contributed by atoms with Crippen LogP contribution in [0.25, 0.3) is 11.4 Å². The van der Waals surface area contributed by atoms with E-state index in [0.29, 0.717) is 4.48 Å². The highest BCUT2D eigenvalue weighted by Gasteiger charge is 2.41. The molecule has 1 amide bonds. The lowest BCUT2D eigenvalue weighted by Crippen LogP contribution is -2.50. The van der Waals surface area contributed by atoms with E-state index >= 15 is 0 Å². The number of nitrogens with two attached hydrogens (primary N) is 1. The van der Waals surface area contributed by atoms with Gasteiger partial charge in [0.05, 0.1) is 6.54 Å². The van der Waals surface area contributed by atoms with Crippen LogP contribution in [0.15, 0.2) is 65.7 Å². The second kappa shape index (κ2) is 9.63.